The van der Waals surface area contributed by atoms with Crippen molar-refractivity contribution in [3.05, 3.63) is 58.7 Å². The SMILES string of the molecule is CCCCN(Cc1nccs1)C(=O)c1ccc2ncccc2c1. The van der Waals surface area contributed by atoms with Crippen LogP contribution in [0.3, 0.4) is 0 Å². The van der Waals surface area contributed by atoms with Crippen LogP contribution in [-0.2, 0) is 6.54 Å². The van der Waals surface area contributed by atoms with Crippen LogP contribution in [0.25, 0.3) is 10.9 Å². The summed E-state index contributed by atoms with van der Waals surface area (Å²) in [4.78, 5) is 23.4. The average Bonchev–Trinajstić information content (AvgIpc) is 3.10. The van der Waals surface area contributed by atoms with E-state index in [2.05, 4.69) is 16.9 Å². The molecule has 3 aromatic rings. The standard InChI is InChI=1S/C18H19N3OS/c1-2-3-10-21(13-17-20-9-11-23-17)18(22)15-6-7-16-14(12-15)5-4-8-19-16/h4-9,11-12H,2-3,10,13H2,1H3. The van der Waals surface area contributed by atoms with E-state index in [-0.39, 0.29) is 5.91 Å². The molecule has 3 rings (SSSR count). The Bertz CT molecular complexity index is 786. The molecule has 0 N–H and O–H groups in total. The number of carbonyl (C=O) groups excluding carboxylic acids is 1. The molecule has 0 unspecified atom stereocenters. The van der Waals surface area contributed by atoms with Crippen molar-refractivity contribution in [1.29, 1.82) is 0 Å². The normalized spacial score (nSPS) is 10.8. The molecular formula is C18H19N3OS. The molecule has 0 aliphatic heterocycles. The van der Waals surface area contributed by atoms with Gasteiger partial charge in [-0.25, -0.2) is 4.98 Å². The number of benzene rings is 1. The third-order valence-corrected chi connectivity index (χ3v) is 4.49. The van der Waals surface area contributed by atoms with Gasteiger partial charge in [0.05, 0.1) is 12.1 Å². The van der Waals surface area contributed by atoms with Gasteiger partial charge in [0.15, 0.2) is 0 Å². The van der Waals surface area contributed by atoms with Crippen molar-refractivity contribution in [3.8, 4) is 0 Å². The quantitative estimate of drug-likeness (QED) is 0.684. The Morgan fingerprint density at radius 2 is 2.13 bits per heavy atom. The largest absolute Gasteiger partial charge is 0.332 e. The van der Waals surface area contributed by atoms with Gasteiger partial charge < -0.3 is 4.90 Å². The summed E-state index contributed by atoms with van der Waals surface area (Å²) in [5, 5.41) is 3.90. The lowest BCUT2D eigenvalue weighted by molar-refractivity contribution is 0.0741. The van der Waals surface area contributed by atoms with Gasteiger partial charge in [-0.2, -0.15) is 0 Å². The highest BCUT2D eigenvalue weighted by Gasteiger charge is 2.17. The molecular weight excluding hydrogens is 306 g/mol. The average molecular weight is 325 g/mol. The van der Waals surface area contributed by atoms with Gasteiger partial charge >= 0.3 is 0 Å². The fraction of sp³-hybridized carbons (Fsp3) is 0.278. The molecule has 2 heterocycles. The minimum Gasteiger partial charge on any atom is -0.332 e. The summed E-state index contributed by atoms with van der Waals surface area (Å²) in [6.45, 7) is 3.45. The maximum Gasteiger partial charge on any atom is 0.254 e. The molecule has 0 spiro atoms. The van der Waals surface area contributed by atoms with Gasteiger partial charge in [-0.05, 0) is 30.7 Å². The molecule has 1 amide bonds. The molecule has 0 saturated carbocycles. The minimum absolute atomic E-state index is 0.0550. The number of hydrogen-bond donors (Lipinski definition) is 0. The van der Waals surface area contributed by atoms with Gasteiger partial charge in [0.25, 0.3) is 5.91 Å². The number of thiazole rings is 1. The van der Waals surface area contributed by atoms with E-state index in [4.69, 9.17) is 0 Å². The molecule has 0 bridgehead atoms. The Balaban J connectivity index is 1.85. The molecule has 0 fully saturated rings. The fourth-order valence-electron chi connectivity index (χ4n) is 2.49. The van der Waals surface area contributed by atoms with Crippen LogP contribution in [0.1, 0.15) is 35.1 Å². The predicted octanol–water partition coefficient (Wildman–Crippen LogP) is 4.13. The van der Waals surface area contributed by atoms with Crippen molar-refractivity contribution in [2.24, 2.45) is 0 Å². The Kier molecular flexibility index (Phi) is 4.98. The molecule has 5 heteroatoms. The summed E-state index contributed by atoms with van der Waals surface area (Å²) < 4.78 is 0. The van der Waals surface area contributed by atoms with E-state index < -0.39 is 0 Å². The van der Waals surface area contributed by atoms with Crippen LogP contribution in [0, 0.1) is 0 Å². The fourth-order valence-corrected chi connectivity index (χ4v) is 3.12. The smallest absolute Gasteiger partial charge is 0.254 e. The first-order valence-corrected chi connectivity index (χ1v) is 8.68. The van der Waals surface area contributed by atoms with E-state index in [1.165, 1.54) is 0 Å². The van der Waals surface area contributed by atoms with Gasteiger partial charge in [0.1, 0.15) is 5.01 Å². The zero-order chi connectivity index (χ0) is 16.1. The van der Waals surface area contributed by atoms with Crippen LogP contribution >= 0.6 is 11.3 Å². The number of hydrogen-bond acceptors (Lipinski definition) is 4. The highest BCUT2D eigenvalue weighted by molar-refractivity contribution is 7.09. The van der Waals surface area contributed by atoms with Gasteiger partial charge in [-0.15, -0.1) is 11.3 Å². The number of carbonyl (C=O) groups is 1. The van der Waals surface area contributed by atoms with Gasteiger partial charge in [-0.1, -0.05) is 19.4 Å². The molecule has 0 aliphatic rings. The monoisotopic (exact) mass is 325 g/mol. The second-order valence-electron chi connectivity index (χ2n) is 5.42. The van der Waals surface area contributed by atoms with Crippen molar-refractivity contribution in [3.63, 3.8) is 0 Å². The minimum atomic E-state index is 0.0550. The second-order valence-corrected chi connectivity index (χ2v) is 6.40. The van der Waals surface area contributed by atoms with Crippen molar-refractivity contribution >= 4 is 28.1 Å². The molecule has 0 aliphatic carbocycles. The predicted molar refractivity (Wildman–Crippen MR) is 93.5 cm³/mol. The molecule has 4 nitrogen and oxygen atoms in total. The van der Waals surface area contributed by atoms with E-state index in [9.17, 15) is 4.79 Å². The third kappa shape index (κ3) is 3.74. The molecule has 118 valence electrons. The van der Waals surface area contributed by atoms with Crippen molar-refractivity contribution in [2.45, 2.75) is 26.3 Å². The molecule has 2 aromatic heterocycles. The number of fused-ring (bicyclic) bond motifs is 1. The maximum atomic E-state index is 12.9. The van der Waals surface area contributed by atoms with Crippen molar-refractivity contribution < 1.29 is 4.79 Å². The van der Waals surface area contributed by atoms with E-state index in [1.54, 1.807) is 23.7 Å². The summed E-state index contributed by atoms with van der Waals surface area (Å²) in [5.41, 5.74) is 1.61. The van der Waals surface area contributed by atoms with Crippen LogP contribution in [0.2, 0.25) is 0 Å². The Morgan fingerprint density at radius 3 is 2.91 bits per heavy atom. The number of rotatable bonds is 6. The summed E-state index contributed by atoms with van der Waals surface area (Å²) in [5.74, 6) is 0.0550. The lowest BCUT2D eigenvalue weighted by atomic mass is 10.1. The van der Waals surface area contributed by atoms with Crippen molar-refractivity contribution in [2.75, 3.05) is 6.54 Å². The molecule has 0 atom stereocenters. The molecule has 0 radical (unpaired) electrons. The third-order valence-electron chi connectivity index (χ3n) is 3.73. The van der Waals surface area contributed by atoms with Gasteiger partial charge in [0.2, 0.25) is 0 Å². The van der Waals surface area contributed by atoms with Crippen LogP contribution in [0.4, 0.5) is 0 Å². The maximum absolute atomic E-state index is 12.9. The number of aromatic nitrogens is 2. The van der Waals surface area contributed by atoms with Crippen molar-refractivity contribution in [1.82, 2.24) is 14.9 Å². The summed E-state index contributed by atoms with van der Waals surface area (Å²) in [7, 11) is 0. The van der Waals surface area contributed by atoms with Crippen LogP contribution in [0.5, 0.6) is 0 Å². The van der Waals surface area contributed by atoms with Crippen LogP contribution in [-0.4, -0.2) is 27.3 Å². The number of nitrogens with zero attached hydrogens (tertiary/aromatic N) is 3. The summed E-state index contributed by atoms with van der Waals surface area (Å²) in [6, 6.07) is 9.56. The molecule has 1 aromatic carbocycles. The number of amides is 1. The van der Waals surface area contributed by atoms with Gasteiger partial charge in [0, 0.05) is 35.3 Å². The van der Waals surface area contributed by atoms with E-state index >= 15 is 0 Å². The topological polar surface area (TPSA) is 46.1 Å². The highest BCUT2D eigenvalue weighted by atomic mass is 32.1. The lowest BCUT2D eigenvalue weighted by Crippen LogP contribution is -2.31. The molecule has 23 heavy (non-hydrogen) atoms. The Labute approximate surface area is 139 Å². The highest BCUT2D eigenvalue weighted by Crippen LogP contribution is 2.17. The van der Waals surface area contributed by atoms with E-state index in [0.717, 1.165) is 35.3 Å². The van der Waals surface area contributed by atoms with E-state index in [0.29, 0.717) is 12.1 Å². The molecule has 0 saturated heterocycles. The van der Waals surface area contributed by atoms with E-state index in [1.807, 2.05) is 40.6 Å². The lowest BCUT2D eigenvalue weighted by Gasteiger charge is -2.21. The van der Waals surface area contributed by atoms with Crippen LogP contribution in [0.15, 0.2) is 48.1 Å². The Morgan fingerprint density at radius 1 is 1.22 bits per heavy atom. The first-order valence-electron chi connectivity index (χ1n) is 7.80. The number of pyridine rings is 1. The summed E-state index contributed by atoms with van der Waals surface area (Å²) >= 11 is 1.58. The van der Waals surface area contributed by atoms with Gasteiger partial charge in [-0.3, -0.25) is 9.78 Å². The Hall–Kier alpha value is -2.27. The first-order chi connectivity index (χ1) is 11.3. The van der Waals surface area contributed by atoms with Crippen LogP contribution < -0.4 is 0 Å². The second kappa shape index (κ2) is 7.33. The zero-order valence-corrected chi connectivity index (χ0v) is 13.9. The number of unbranched alkanes of at least 4 members (excludes halogenated alkanes) is 1. The zero-order valence-electron chi connectivity index (χ0n) is 13.1. The first kappa shape index (κ1) is 15.6. The summed E-state index contributed by atoms with van der Waals surface area (Å²) in [6.07, 6.45) is 5.60.